The Balaban J connectivity index is 2.85. The first-order chi connectivity index (χ1) is 20.0. The zero-order valence-corrected chi connectivity index (χ0v) is 25.5. The molecule has 0 aromatic carbocycles. The van der Waals surface area contributed by atoms with E-state index < -0.39 is 43.8 Å². The van der Waals surface area contributed by atoms with Crippen LogP contribution in [0.15, 0.2) is 39.7 Å². The van der Waals surface area contributed by atoms with Crippen LogP contribution in [-0.4, -0.2) is 107 Å². The van der Waals surface area contributed by atoms with Gasteiger partial charge in [0.05, 0.1) is 26.1 Å². The molecule has 0 aliphatic rings. The highest BCUT2D eigenvalue weighted by atomic mass is 28.4. The van der Waals surface area contributed by atoms with Crippen molar-refractivity contribution in [2.24, 2.45) is 0 Å². The Kier molecular flexibility index (Phi) is 16.2. The molecule has 0 N–H and O–H groups in total. The SMILES string of the molecule is C=CC(=O)OCCn1c(=O)n(CCOC(=O)C=C)c(=O)n(CCOC(=O)CCN(C)CCC[Si](OC)(OC)OC)c1=O. The molecule has 0 aliphatic carbocycles. The molecule has 1 heterocycles. The Labute approximate surface area is 244 Å². The predicted octanol–water partition coefficient (Wildman–Crippen LogP) is -1.24. The lowest BCUT2D eigenvalue weighted by Crippen LogP contribution is -2.55. The molecule has 1 aromatic rings. The van der Waals surface area contributed by atoms with Crippen molar-refractivity contribution in [1.82, 2.24) is 18.6 Å². The summed E-state index contributed by atoms with van der Waals surface area (Å²) < 4.78 is 33.1. The molecule has 0 unspecified atom stereocenters. The summed E-state index contributed by atoms with van der Waals surface area (Å²) in [6.07, 6.45) is 2.61. The van der Waals surface area contributed by atoms with E-state index in [4.69, 9.17) is 27.5 Å². The average molecular weight is 617 g/mol. The van der Waals surface area contributed by atoms with Crippen molar-refractivity contribution < 1.29 is 41.9 Å². The quantitative estimate of drug-likeness (QED) is 0.0695. The van der Waals surface area contributed by atoms with Gasteiger partial charge in [-0.1, -0.05) is 13.2 Å². The van der Waals surface area contributed by atoms with Gasteiger partial charge in [0.15, 0.2) is 0 Å². The summed E-state index contributed by atoms with van der Waals surface area (Å²) in [4.78, 5) is 75.6. The summed E-state index contributed by atoms with van der Waals surface area (Å²) in [5.74, 6) is -2.08. The molecule has 0 saturated carbocycles. The van der Waals surface area contributed by atoms with Crippen LogP contribution in [0.5, 0.6) is 0 Å². The van der Waals surface area contributed by atoms with Gasteiger partial charge in [-0.25, -0.2) is 37.7 Å². The molecule has 0 bridgehead atoms. The van der Waals surface area contributed by atoms with Gasteiger partial charge >= 0.3 is 43.8 Å². The fourth-order valence-corrected chi connectivity index (χ4v) is 5.39. The Morgan fingerprint density at radius 3 is 1.52 bits per heavy atom. The number of rotatable bonds is 21. The molecule has 236 valence electrons. The van der Waals surface area contributed by atoms with Crippen molar-refractivity contribution in [1.29, 1.82) is 0 Å². The smallest absolute Gasteiger partial charge is 0.464 e. The van der Waals surface area contributed by atoms with E-state index in [1.165, 1.54) is 0 Å². The normalized spacial score (nSPS) is 11.3. The van der Waals surface area contributed by atoms with E-state index in [9.17, 15) is 28.8 Å². The topological polar surface area (TPSA) is 176 Å². The number of carbonyl (C=O) groups excluding carboxylic acids is 3. The Bertz CT molecular complexity index is 1180. The summed E-state index contributed by atoms with van der Waals surface area (Å²) in [5, 5.41) is 0. The first-order valence-corrected chi connectivity index (χ1v) is 14.9. The van der Waals surface area contributed by atoms with Gasteiger partial charge in [-0.15, -0.1) is 0 Å². The molecular weight excluding hydrogens is 576 g/mol. The van der Waals surface area contributed by atoms with Crippen LogP contribution in [-0.2, 0) is 61.5 Å². The third kappa shape index (κ3) is 11.3. The maximum absolute atomic E-state index is 12.9. The van der Waals surface area contributed by atoms with Gasteiger partial charge in [0.2, 0.25) is 0 Å². The van der Waals surface area contributed by atoms with Crippen molar-refractivity contribution >= 4 is 26.7 Å². The van der Waals surface area contributed by atoms with Crippen molar-refractivity contribution in [2.45, 2.75) is 38.5 Å². The molecule has 0 aliphatic heterocycles. The minimum absolute atomic E-state index is 0.0554. The van der Waals surface area contributed by atoms with Gasteiger partial charge in [0.1, 0.15) is 19.8 Å². The summed E-state index contributed by atoms with van der Waals surface area (Å²) in [7, 11) is 3.79. The maximum atomic E-state index is 12.9. The van der Waals surface area contributed by atoms with Crippen molar-refractivity contribution in [2.75, 3.05) is 61.3 Å². The number of nitrogens with zero attached hydrogens (tertiary/aromatic N) is 4. The molecular formula is C25H40N4O12Si. The first kappa shape index (κ1) is 36.4. The second-order valence-corrected chi connectivity index (χ2v) is 11.8. The zero-order chi connectivity index (χ0) is 31.7. The van der Waals surface area contributed by atoms with Gasteiger partial charge in [-0.05, 0) is 20.0 Å². The van der Waals surface area contributed by atoms with E-state index in [2.05, 4.69) is 13.2 Å². The zero-order valence-electron chi connectivity index (χ0n) is 24.5. The predicted molar refractivity (Wildman–Crippen MR) is 151 cm³/mol. The lowest BCUT2D eigenvalue weighted by Gasteiger charge is -2.25. The second kappa shape index (κ2) is 18.7. The molecule has 0 radical (unpaired) electrons. The number of esters is 3. The standard InChI is InChI=1S/C25H40N4O12Si/c1-7-20(30)39-16-13-27-23(33)28(14-17-40-21(31)8-2)25(35)29(24(27)34)15-18-41-22(32)10-12-26(3)11-9-19-42(36-4,37-5)38-6/h7-8H,1-2,9-19H2,3-6H3. The molecule has 1 aromatic heterocycles. The van der Waals surface area contributed by atoms with E-state index in [0.717, 1.165) is 18.6 Å². The maximum Gasteiger partial charge on any atom is 0.500 e. The molecule has 16 nitrogen and oxygen atoms in total. The highest BCUT2D eigenvalue weighted by molar-refractivity contribution is 6.60. The summed E-state index contributed by atoms with van der Waals surface area (Å²) >= 11 is 0. The average Bonchev–Trinajstić information content (AvgIpc) is 2.99. The molecule has 1 rings (SSSR count). The molecule has 17 heteroatoms. The third-order valence-corrected chi connectivity index (χ3v) is 8.90. The van der Waals surface area contributed by atoms with E-state index in [1.807, 2.05) is 11.9 Å². The minimum Gasteiger partial charge on any atom is -0.464 e. The van der Waals surface area contributed by atoms with Crippen LogP contribution in [0.2, 0.25) is 6.04 Å². The number of carbonyl (C=O) groups is 3. The molecule has 42 heavy (non-hydrogen) atoms. The Morgan fingerprint density at radius 1 is 0.738 bits per heavy atom. The van der Waals surface area contributed by atoms with E-state index in [-0.39, 0.29) is 45.9 Å². The van der Waals surface area contributed by atoms with Crippen LogP contribution in [0, 0.1) is 0 Å². The summed E-state index contributed by atoms with van der Waals surface area (Å²) in [6, 6.07) is 0.604. The highest BCUT2D eigenvalue weighted by Gasteiger charge is 2.36. The lowest BCUT2D eigenvalue weighted by molar-refractivity contribution is -0.144. The monoisotopic (exact) mass is 616 g/mol. The van der Waals surface area contributed by atoms with Gasteiger partial charge in [-0.3, -0.25) is 4.79 Å². The number of hydrogen-bond donors (Lipinski definition) is 0. The fourth-order valence-electron chi connectivity index (χ4n) is 3.69. The van der Waals surface area contributed by atoms with E-state index >= 15 is 0 Å². The van der Waals surface area contributed by atoms with Crippen molar-refractivity contribution in [3.8, 4) is 0 Å². The van der Waals surface area contributed by atoms with Gasteiger partial charge in [0.25, 0.3) is 0 Å². The van der Waals surface area contributed by atoms with Crippen LogP contribution >= 0.6 is 0 Å². The fraction of sp³-hybridized carbons (Fsp3) is 0.600. The number of aromatic nitrogens is 3. The molecule has 0 saturated heterocycles. The number of hydrogen-bond acceptors (Lipinski definition) is 13. The molecule has 0 spiro atoms. The van der Waals surface area contributed by atoms with Gasteiger partial charge in [-0.2, -0.15) is 0 Å². The number of ether oxygens (including phenoxy) is 3. The third-order valence-electron chi connectivity index (χ3n) is 6.07. The van der Waals surface area contributed by atoms with E-state index in [1.54, 1.807) is 21.3 Å². The van der Waals surface area contributed by atoms with Crippen molar-refractivity contribution in [3.63, 3.8) is 0 Å². The summed E-state index contributed by atoms with van der Waals surface area (Å²) in [6.45, 7) is 5.47. The van der Waals surface area contributed by atoms with Gasteiger partial charge in [0, 0.05) is 46.1 Å². The van der Waals surface area contributed by atoms with Crippen LogP contribution in [0.3, 0.4) is 0 Å². The second-order valence-electron chi connectivity index (χ2n) is 8.72. The molecule has 0 amide bonds. The van der Waals surface area contributed by atoms with Crippen molar-refractivity contribution in [3.05, 3.63) is 56.8 Å². The van der Waals surface area contributed by atoms with Crippen LogP contribution in [0.1, 0.15) is 12.8 Å². The van der Waals surface area contributed by atoms with Gasteiger partial charge < -0.3 is 32.4 Å². The van der Waals surface area contributed by atoms with E-state index in [0.29, 0.717) is 32.8 Å². The van der Waals surface area contributed by atoms with Crippen LogP contribution in [0.4, 0.5) is 0 Å². The highest BCUT2D eigenvalue weighted by Crippen LogP contribution is 2.15. The largest absolute Gasteiger partial charge is 0.500 e. The molecule has 0 fully saturated rings. The Morgan fingerprint density at radius 2 is 1.14 bits per heavy atom. The van der Waals surface area contributed by atoms with Crippen LogP contribution < -0.4 is 17.1 Å². The van der Waals surface area contributed by atoms with Crippen LogP contribution in [0.25, 0.3) is 0 Å². The summed E-state index contributed by atoms with van der Waals surface area (Å²) in [5.41, 5.74) is -2.97. The molecule has 0 atom stereocenters. The minimum atomic E-state index is -2.68. The lowest BCUT2D eigenvalue weighted by atomic mass is 10.3. The first-order valence-electron chi connectivity index (χ1n) is 13.0. The Hall–Kier alpha value is -3.64.